The van der Waals surface area contributed by atoms with Crippen LogP contribution >= 0.6 is 0 Å². The minimum atomic E-state index is -1.22. The number of carboxylic acids is 1. The first kappa shape index (κ1) is 26.8. The normalized spacial score (nSPS) is 17.1. The summed E-state index contributed by atoms with van der Waals surface area (Å²) in [6.07, 6.45) is 0.778. The number of nitrogens with one attached hydrogen (secondary N) is 2. The van der Waals surface area contributed by atoms with E-state index < -0.39 is 48.2 Å². The Morgan fingerprint density at radius 2 is 1.79 bits per heavy atom. The number of hydrogen-bond acceptors (Lipinski definition) is 6. The molecule has 1 aliphatic rings. The quantitative estimate of drug-likeness (QED) is 0.432. The van der Waals surface area contributed by atoms with Crippen molar-refractivity contribution < 1.29 is 33.8 Å². The molecule has 1 fully saturated rings. The Kier molecular flexibility index (Phi) is 9.17. The summed E-state index contributed by atoms with van der Waals surface area (Å²) in [5, 5.41) is 14.1. The smallest absolute Gasteiger partial charge is 0.305 e. The summed E-state index contributed by atoms with van der Waals surface area (Å²) in [6, 6.07) is 0.496. The summed E-state index contributed by atoms with van der Waals surface area (Å²) in [5.41, 5.74) is 1.98. The summed E-state index contributed by atoms with van der Waals surface area (Å²) < 4.78 is 5.34. The average Bonchev–Trinajstić information content (AvgIpc) is 3.25. The highest BCUT2D eigenvalue weighted by atomic mass is 16.5. The zero-order valence-corrected chi connectivity index (χ0v) is 20.2. The molecule has 2 rings (SSSR count). The molecule has 10 nitrogen and oxygen atoms in total. The minimum absolute atomic E-state index is 0.254. The van der Waals surface area contributed by atoms with Gasteiger partial charge < -0.3 is 30.2 Å². The maximum absolute atomic E-state index is 13.4. The van der Waals surface area contributed by atoms with E-state index in [4.69, 9.17) is 9.84 Å². The van der Waals surface area contributed by atoms with Crippen molar-refractivity contribution >= 4 is 30.0 Å². The third kappa shape index (κ3) is 6.33. The Hall–Kier alpha value is -3.43. The van der Waals surface area contributed by atoms with Crippen LogP contribution in [0.1, 0.15) is 54.6 Å². The van der Waals surface area contributed by atoms with Crippen LogP contribution in [-0.2, 0) is 19.2 Å². The monoisotopic (exact) mass is 475 g/mol. The van der Waals surface area contributed by atoms with E-state index in [1.165, 1.54) is 4.90 Å². The molecule has 1 aliphatic heterocycles. The molecule has 3 atom stereocenters. The number of benzene rings is 1. The van der Waals surface area contributed by atoms with E-state index in [-0.39, 0.29) is 5.92 Å². The van der Waals surface area contributed by atoms with Crippen LogP contribution in [0.5, 0.6) is 5.75 Å². The number of aryl methyl sites for hydroxylation is 2. The van der Waals surface area contributed by atoms with Crippen LogP contribution in [-0.4, -0.2) is 71.8 Å². The maximum atomic E-state index is 13.4. The van der Waals surface area contributed by atoms with Gasteiger partial charge in [-0.25, -0.2) is 0 Å². The van der Waals surface area contributed by atoms with Crippen molar-refractivity contribution in [1.82, 2.24) is 15.5 Å². The number of ether oxygens (including phenoxy) is 1. The van der Waals surface area contributed by atoms with Crippen molar-refractivity contribution in [2.24, 2.45) is 5.92 Å². The predicted octanol–water partition coefficient (Wildman–Crippen LogP) is 1.22. The van der Waals surface area contributed by atoms with Gasteiger partial charge in [-0.1, -0.05) is 13.8 Å². The van der Waals surface area contributed by atoms with Crippen LogP contribution in [0.15, 0.2) is 12.1 Å². The fourth-order valence-electron chi connectivity index (χ4n) is 4.22. The van der Waals surface area contributed by atoms with Gasteiger partial charge in [0.2, 0.25) is 11.8 Å². The molecule has 34 heavy (non-hydrogen) atoms. The van der Waals surface area contributed by atoms with Gasteiger partial charge in [0.05, 0.1) is 19.6 Å². The molecular weight excluding hydrogens is 442 g/mol. The number of amides is 3. The second-order valence-corrected chi connectivity index (χ2v) is 8.88. The van der Waals surface area contributed by atoms with Gasteiger partial charge in [-0.15, -0.1) is 0 Å². The fraction of sp³-hybridized carbons (Fsp3) is 0.542. The number of aliphatic carboxylic acids is 1. The van der Waals surface area contributed by atoms with E-state index in [1.807, 2.05) is 13.8 Å². The maximum Gasteiger partial charge on any atom is 0.305 e. The SMILES string of the molecule is COc1c(C)cc(C(=O)NC(C(=O)N2CCC[C@H]2C(=O)NC(C=O)CC(=O)O)C(C)C)cc1C. The highest BCUT2D eigenvalue weighted by Gasteiger charge is 2.39. The summed E-state index contributed by atoms with van der Waals surface area (Å²) in [4.78, 5) is 62.5. The van der Waals surface area contributed by atoms with Crippen LogP contribution in [0.25, 0.3) is 0 Å². The van der Waals surface area contributed by atoms with Crippen molar-refractivity contribution in [2.45, 2.75) is 65.1 Å². The molecule has 0 aromatic heterocycles. The predicted molar refractivity (Wildman–Crippen MR) is 124 cm³/mol. The fourth-order valence-corrected chi connectivity index (χ4v) is 4.22. The first-order chi connectivity index (χ1) is 16.0. The van der Waals surface area contributed by atoms with E-state index in [0.29, 0.717) is 37.0 Å². The lowest BCUT2D eigenvalue weighted by atomic mass is 10.00. The molecule has 3 N–H and O–H groups in total. The number of likely N-dealkylation sites (tertiary alicyclic amines) is 1. The largest absolute Gasteiger partial charge is 0.496 e. The van der Waals surface area contributed by atoms with Gasteiger partial charge in [0, 0.05) is 12.1 Å². The first-order valence-electron chi connectivity index (χ1n) is 11.2. The second-order valence-electron chi connectivity index (χ2n) is 8.88. The van der Waals surface area contributed by atoms with Gasteiger partial charge in [-0.2, -0.15) is 0 Å². The van der Waals surface area contributed by atoms with E-state index in [9.17, 15) is 24.0 Å². The Morgan fingerprint density at radius 1 is 1.18 bits per heavy atom. The molecule has 1 aromatic rings. The van der Waals surface area contributed by atoms with Gasteiger partial charge in [0.1, 0.15) is 24.1 Å². The molecule has 0 spiro atoms. The lowest BCUT2D eigenvalue weighted by molar-refractivity contribution is -0.142. The minimum Gasteiger partial charge on any atom is -0.496 e. The Labute approximate surface area is 199 Å². The molecule has 186 valence electrons. The Bertz CT molecular complexity index is 937. The van der Waals surface area contributed by atoms with Crippen LogP contribution in [0.4, 0.5) is 0 Å². The molecule has 3 amide bonds. The number of nitrogens with zero attached hydrogens (tertiary/aromatic N) is 1. The van der Waals surface area contributed by atoms with Gasteiger partial charge in [-0.05, 0) is 55.9 Å². The van der Waals surface area contributed by atoms with Crippen molar-refractivity contribution in [3.05, 3.63) is 28.8 Å². The van der Waals surface area contributed by atoms with Gasteiger partial charge >= 0.3 is 5.97 Å². The van der Waals surface area contributed by atoms with E-state index in [1.54, 1.807) is 33.1 Å². The number of hydrogen-bond donors (Lipinski definition) is 3. The molecule has 0 radical (unpaired) electrons. The summed E-state index contributed by atoms with van der Waals surface area (Å²) in [5.74, 6) is -2.18. The molecule has 2 unspecified atom stereocenters. The third-order valence-electron chi connectivity index (χ3n) is 5.87. The lowest BCUT2D eigenvalue weighted by Crippen LogP contribution is -2.56. The third-order valence-corrected chi connectivity index (χ3v) is 5.87. The number of methoxy groups -OCH3 is 1. The molecular formula is C24H33N3O7. The highest BCUT2D eigenvalue weighted by Crippen LogP contribution is 2.25. The van der Waals surface area contributed by atoms with Gasteiger partial charge in [0.25, 0.3) is 5.91 Å². The number of carboxylic acid groups (broad SMARTS) is 1. The zero-order valence-electron chi connectivity index (χ0n) is 20.2. The average molecular weight is 476 g/mol. The van der Waals surface area contributed by atoms with Gasteiger partial charge in [0.15, 0.2) is 0 Å². The van der Waals surface area contributed by atoms with Crippen LogP contribution in [0, 0.1) is 19.8 Å². The molecule has 10 heteroatoms. The number of carbonyl (C=O) groups is 5. The molecule has 1 heterocycles. The highest BCUT2D eigenvalue weighted by molar-refractivity contribution is 5.99. The summed E-state index contributed by atoms with van der Waals surface area (Å²) >= 11 is 0. The Balaban J connectivity index is 2.18. The number of aldehydes is 1. The topological polar surface area (TPSA) is 142 Å². The van der Waals surface area contributed by atoms with Crippen molar-refractivity contribution in [2.75, 3.05) is 13.7 Å². The van der Waals surface area contributed by atoms with E-state index in [2.05, 4.69) is 10.6 Å². The first-order valence-corrected chi connectivity index (χ1v) is 11.2. The molecule has 0 bridgehead atoms. The molecule has 1 aromatic carbocycles. The summed E-state index contributed by atoms with van der Waals surface area (Å²) in [6.45, 7) is 7.58. The van der Waals surface area contributed by atoms with Crippen molar-refractivity contribution in [3.63, 3.8) is 0 Å². The van der Waals surface area contributed by atoms with Crippen molar-refractivity contribution in [3.8, 4) is 5.75 Å². The van der Waals surface area contributed by atoms with Crippen molar-refractivity contribution in [1.29, 1.82) is 0 Å². The van der Waals surface area contributed by atoms with E-state index >= 15 is 0 Å². The Morgan fingerprint density at radius 3 is 2.29 bits per heavy atom. The van der Waals surface area contributed by atoms with Crippen LogP contribution in [0.3, 0.4) is 0 Å². The van der Waals surface area contributed by atoms with E-state index in [0.717, 1.165) is 11.1 Å². The second kappa shape index (κ2) is 11.6. The standard InChI is InChI=1S/C24H33N3O7/c1-13(2)20(26-22(31)16-9-14(3)21(34-5)15(4)10-16)24(33)27-8-6-7-18(27)23(32)25-17(12-28)11-19(29)30/h9-10,12-13,17-18,20H,6-8,11H2,1-5H3,(H,25,32)(H,26,31)(H,29,30)/t17?,18-,20?/m0/s1. The zero-order chi connectivity index (χ0) is 25.6. The van der Waals surface area contributed by atoms with Crippen LogP contribution < -0.4 is 15.4 Å². The summed E-state index contributed by atoms with van der Waals surface area (Å²) in [7, 11) is 1.56. The number of rotatable bonds is 10. The van der Waals surface area contributed by atoms with Gasteiger partial charge in [-0.3, -0.25) is 19.2 Å². The molecule has 0 aliphatic carbocycles. The number of carbonyl (C=O) groups excluding carboxylic acids is 4. The van der Waals surface area contributed by atoms with Crippen LogP contribution in [0.2, 0.25) is 0 Å². The lowest BCUT2D eigenvalue weighted by Gasteiger charge is -2.31. The molecule has 0 saturated carbocycles. The molecule has 1 saturated heterocycles.